The molecule has 1 atom stereocenters. The standard InChI is InChI=1S/C24H32N4O3/c1-5-19-7-9-20(10-8-19)17(3)25-23(30)15-28(6-2)16-24(31)27-22-13-11-21(12-14-22)26-18(4)29/h7-14,17H,5-6,15-16H2,1-4H3,(H,25,30)(H,26,29)(H,27,31). The van der Waals surface area contributed by atoms with Crippen molar-refractivity contribution in [1.29, 1.82) is 0 Å². The molecule has 0 fully saturated rings. The van der Waals surface area contributed by atoms with Gasteiger partial charge in [-0.25, -0.2) is 0 Å². The highest BCUT2D eigenvalue weighted by molar-refractivity contribution is 5.93. The number of benzene rings is 2. The zero-order chi connectivity index (χ0) is 22.8. The summed E-state index contributed by atoms with van der Waals surface area (Å²) < 4.78 is 0. The molecule has 3 N–H and O–H groups in total. The van der Waals surface area contributed by atoms with E-state index in [4.69, 9.17) is 0 Å². The summed E-state index contributed by atoms with van der Waals surface area (Å²) in [5.74, 6) is -0.479. The van der Waals surface area contributed by atoms with Crippen LogP contribution in [0.25, 0.3) is 0 Å². The normalized spacial score (nSPS) is 11.6. The van der Waals surface area contributed by atoms with Crippen LogP contribution in [0.1, 0.15) is 44.9 Å². The second-order valence-electron chi connectivity index (χ2n) is 7.49. The van der Waals surface area contributed by atoms with E-state index in [-0.39, 0.29) is 36.9 Å². The molecule has 2 aromatic rings. The number of hydrogen-bond donors (Lipinski definition) is 3. The van der Waals surface area contributed by atoms with E-state index in [1.54, 1.807) is 29.2 Å². The third kappa shape index (κ3) is 8.22. The highest BCUT2D eigenvalue weighted by Gasteiger charge is 2.15. The number of hydrogen-bond acceptors (Lipinski definition) is 4. The van der Waals surface area contributed by atoms with Crippen LogP contribution in [0.3, 0.4) is 0 Å². The Balaban J connectivity index is 1.83. The zero-order valence-electron chi connectivity index (χ0n) is 18.7. The number of rotatable bonds is 10. The molecule has 0 heterocycles. The minimum absolute atomic E-state index is 0.104. The van der Waals surface area contributed by atoms with Crippen LogP contribution in [0.5, 0.6) is 0 Å². The Hall–Kier alpha value is -3.19. The maximum Gasteiger partial charge on any atom is 0.238 e. The summed E-state index contributed by atoms with van der Waals surface area (Å²) in [7, 11) is 0. The molecular weight excluding hydrogens is 392 g/mol. The Morgan fingerprint density at radius 1 is 0.839 bits per heavy atom. The predicted molar refractivity (Wildman–Crippen MR) is 124 cm³/mol. The molecule has 0 bridgehead atoms. The first kappa shape index (κ1) is 24.1. The second-order valence-corrected chi connectivity index (χ2v) is 7.49. The molecule has 2 rings (SSSR count). The molecule has 0 aromatic heterocycles. The van der Waals surface area contributed by atoms with Crippen molar-refractivity contribution < 1.29 is 14.4 Å². The minimum Gasteiger partial charge on any atom is -0.348 e. The SMILES string of the molecule is CCc1ccc(C(C)NC(=O)CN(CC)CC(=O)Nc2ccc(NC(C)=O)cc2)cc1. The first-order valence-electron chi connectivity index (χ1n) is 10.6. The summed E-state index contributed by atoms with van der Waals surface area (Å²) >= 11 is 0. The lowest BCUT2D eigenvalue weighted by Gasteiger charge is -2.21. The van der Waals surface area contributed by atoms with Gasteiger partial charge in [0.05, 0.1) is 19.1 Å². The summed E-state index contributed by atoms with van der Waals surface area (Å²) in [6.07, 6.45) is 0.980. The van der Waals surface area contributed by atoms with Crippen LogP contribution in [0.2, 0.25) is 0 Å². The van der Waals surface area contributed by atoms with E-state index >= 15 is 0 Å². The van der Waals surface area contributed by atoms with Gasteiger partial charge in [0.15, 0.2) is 0 Å². The summed E-state index contributed by atoms with van der Waals surface area (Å²) in [6.45, 7) is 8.23. The number of likely N-dealkylation sites (N-methyl/N-ethyl adjacent to an activating group) is 1. The van der Waals surface area contributed by atoms with Crippen molar-refractivity contribution >= 4 is 29.1 Å². The molecule has 7 nitrogen and oxygen atoms in total. The summed E-state index contributed by atoms with van der Waals surface area (Å²) in [4.78, 5) is 37.7. The quantitative estimate of drug-likeness (QED) is 0.546. The summed E-state index contributed by atoms with van der Waals surface area (Å²) in [6, 6.07) is 15.0. The average molecular weight is 425 g/mol. The molecule has 166 valence electrons. The van der Waals surface area contributed by atoms with Gasteiger partial charge in [-0.15, -0.1) is 0 Å². The van der Waals surface area contributed by atoms with Gasteiger partial charge in [0.2, 0.25) is 17.7 Å². The van der Waals surface area contributed by atoms with Crippen LogP contribution in [-0.4, -0.2) is 42.3 Å². The van der Waals surface area contributed by atoms with Crippen LogP contribution in [0, 0.1) is 0 Å². The minimum atomic E-state index is -0.204. The maximum atomic E-state index is 12.5. The highest BCUT2D eigenvalue weighted by Crippen LogP contribution is 2.15. The molecular formula is C24H32N4O3. The van der Waals surface area contributed by atoms with E-state index in [0.717, 1.165) is 12.0 Å². The van der Waals surface area contributed by atoms with Crippen LogP contribution >= 0.6 is 0 Å². The molecule has 2 aromatic carbocycles. The lowest BCUT2D eigenvalue weighted by Crippen LogP contribution is -2.41. The van der Waals surface area contributed by atoms with Gasteiger partial charge in [-0.05, 0) is 55.3 Å². The summed E-state index contributed by atoms with van der Waals surface area (Å²) in [5, 5.41) is 8.49. The highest BCUT2D eigenvalue weighted by atomic mass is 16.2. The number of aryl methyl sites for hydroxylation is 1. The molecule has 3 amide bonds. The number of carbonyl (C=O) groups is 3. The van der Waals surface area contributed by atoms with Gasteiger partial charge >= 0.3 is 0 Å². The number of nitrogens with one attached hydrogen (secondary N) is 3. The average Bonchev–Trinajstić information content (AvgIpc) is 2.74. The number of carbonyl (C=O) groups excluding carboxylic acids is 3. The number of amides is 3. The fourth-order valence-corrected chi connectivity index (χ4v) is 3.14. The van der Waals surface area contributed by atoms with Gasteiger partial charge in [0.25, 0.3) is 0 Å². The third-order valence-electron chi connectivity index (χ3n) is 4.94. The van der Waals surface area contributed by atoms with Crippen molar-refractivity contribution in [2.24, 2.45) is 0 Å². The van der Waals surface area contributed by atoms with Crippen LogP contribution in [0.15, 0.2) is 48.5 Å². The lowest BCUT2D eigenvalue weighted by atomic mass is 10.1. The van der Waals surface area contributed by atoms with Crippen molar-refractivity contribution in [1.82, 2.24) is 10.2 Å². The first-order chi connectivity index (χ1) is 14.8. The molecule has 0 aliphatic rings. The van der Waals surface area contributed by atoms with Gasteiger partial charge in [0, 0.05) is 18.3 Å². The van der Waals surface area contributed by atoms with E-state index in [1.807, 2.05) is 26.0 Å². The molecule has 0 radical (unpaired) electrons. The monoisotopic (exact) mass is 424 g/mol. The second kappa shape index (κ2) is 11.9. The fraction of sp³-hybridized carbons (Fsp3) is 0.375. The fourth-order valence-electron chi connectivity index (χ4n) is 3.14. The van der Waals surface area contributed by atoms with Crippen molar-refractivity contribution in [2.75, 3.05) is 30.3 Å². The maximum absolute atomic E-state index is 12.5. The van der Waals surface area contributed by atoms with Gasteiger partial charge in [-0.2, -0.15) is 0 Å². The Kier molecular flexibility index (Phi) is 9.21. The molecule has 0 saturated heterocycles. The molecule has 31 heavy (non-hydrogen) atoms. The van der Waals surface area contributed by atoms with E-state index < -0.39 is 0 Å². The van der Waals surface area contributed by atoms with E-state index in [9.17, 15) is 14.4 Å². The van der Waals surface area contributed by atoms with E-state index in [1.165, 1.54) is 12.5 Å². The molecule has 0 aliphatic heterocycles. The molecule has 0 aliphatic carbocycles. The number of anilines is 2. The predicted octanol–water partition coefficient (Wildman–Crippen LogP) is 3.35. The van der Waals surface area contributed by atoms with Crippen molar-refractivity contribution in [3.8, 4) is 0 Å². The largest absolute Gasteiger partial charge is 0.348 e. The topological polar surface area (TPSA) is 90.5 Å². The molecule has 0 spiro atoms. The van der Waals surface area contributed by atoms with Crippen LogP contribution in [0.4, 0.5) is 11.4 Å². The Morgan fingerprint density at radius 2 is 1.39 bits per heavy atom. The Morgan fingerprint density at radius 3 is 1.90 bits per heavy atom. The van der Waals surface area contributed by atoms with Gasteiger partial charge in [-0.3, -0.25) is 19.3 Å². The number of nitrogens with zero attached hydrogens (tertiary/aromatic N) is 1. The first-order valence-corrected chi connectivity index (χ1v) is 10.6. The Labute approximate surface area is 184 Å². The van der Waals surface area contributed by atoms with Crippen molar-refractivity contribution in [3.05, 3.63) is 59.7 Å². The smallest absolute Gasteiger partial charge is 0.238 e. The molecule has 0 saturated carbocycles. The van der Waals surface area contributed by atoms with Crippen LogP contribution < -0.4 is 16.0 Å². The Bertz CT molecular complexity index is 879. The third-order valence-corrected chi connectivity index (χ3v) is 4.94. The van der Waals surface area contributed by atoms with Crippen molar-refractivity contribution in [2.45, 2.75) is 40.2 Å². The lowest BCUT2D eigenvalue weighted by molar-refractivity contribution is -0.124. The summed E-state index contributed by atoms with van der Waals surface area (Å²) in [5.41, 5.74) is 3.60. The molecule has 1 unspecified atom stereocenters. The zero-order valence-corrected chi connectivity index (χ0v) is 18.7. The van der Waals surface area contributed by atoms with Gasteiger partial charge < -0.3 is 16.0 Å². The van der Waals surface area contributed by atoms with E-state index in [0.29, 0.717) is 17.9 Å². The van der Waals surface area contributed by atoms with Gasteiger partial charge in [-0.1, -0.05) is 38.1 Å². The van der Waals surface area contributed by atoms with Crippen molar-refractivity contribution in [3.63, 3.8) is 0 Å². The molecule has 7 heteroatoms. The van der Waals surface area contributed by atoms with E-state index in [2.05, 4.69) is 35.0 Å². The van der Waals surface area contributed by atoms with Crippen LogP contribution in [-0.2, 0) is 20.8 Å². The van der Waals surface area contributed by atoms with Gasteiger partial charge in [0.1, 0.15) is 0 Å².